The van der Waals surface area contributed by atoms with Crippen LogP contribution in [-0.2, 0) is 9.59 Å². The lowest BCUT2D eigenvalue weighted by Gasteiger charge is -2.25. The van der Waals surface area contributed by atoms with Crippen LogP contribution in [-0.4, -0.2) is 28.9 Å². The minimum atomic E-state index is -0.791. The normalized spacial score (nSPS) is 18.1. The van der Waals surface area contributed by atoms with E-state index in [4.69, 9.17) is 4.74 Å². The van der Waals surface area contributed by atoms with Crippen LogP contribution in [0.1, 0.15) is 17.2 Å². The van der Waals surface area contributed by atoms with Crippen LogP contribution >= 0.6 is 0 Å². The van der Waals surface area contributed by atoms with Crippen LogP contribution in [0.25, 0.3) is 5.76 Å². The molecule has 1 amide bonds. The van der Waals surface area contributed by atoms with Crippen molar-refractivity contribution in [2.75, 3.05) is 12.0 Å². The number of rotatable bonds is 4. The van der Waals surface area contributed by atoms with Gasteiger partial charge in [0.1, 0.15) is 11.5 Å². The van der Waals surface area contributed by atoms with E-state index in [1.807, 2.05) is 6.07 Å². The molecule has 144 valence electrons. The molecule has 0 saturated carbocycles. The maximum Gasteiger partial charge on any atom is 0.300 e. The highest BCUT2D eigenvalue weighted by Crippen LogP contribution is 2.42. The molecule has 1 aliphatic rings. The van der Waals surface area contributed by atoms with E-state index in [9.17, 15) is 14.7 Å². The SMILES string of the molecule is COc1cccc(C2/C(=C(/O)c3ccncc3)C(=O)C(=O)N2c2ccccc2)c1. The number of amides is 1. The van der Waals surface area contributed by atoms with Gasteiger partial charge in [0.2, 0.25) is 0 Å². The fourth-order valence-corrected chi connectivity index (χ4v) is 3.48. The zero-order valence-electron chi connectivity index (χ0n) is 15.6. The number of methoxy groups -OCH3 is 1. The van der Waals surface area contributed by atoms with Gasteiger partial charge in [-0.2, -0.15) is 0 Å². The van der Waals surface area contributed by atoms with Gasteiger partial charge in [0.05, 0.1) is 18.7 Å². The molecule has 1 aliphatic heterocycles. The van der Waals surface area contributed by atoms with E-state index < -0.39 is 17.7 Å². The molecule has 2 heterocycles. The van der Waals surface area contributed by atoms with Gasteiger partial charge in [-0.25, -0.2) is 0 Å². The number of ketones is 1. The number of carbonyl (C=O) groups is 2. The Hall–Kier alpha value is -3.93. The summed E-state index contributed by atoms with van der Waals surface area (Å²) in [7, 11) is 1.55. The first-order valence-corrected chi connectivity index (χ1v) is 9.02. The first kappa shape index (κ1) is 18.4. The molecule has 1 unspecified atom stereocenters. The molecule has 2 aromatic carbocycles. The van der Waals surface area contributed by atoms with Crippen molar-refractivity contribution in [1.82, 2.24) is 4.98 Å². The standard InChI is InChI=1S/C23H18N2O4/c1-29-18-9-5-6-16(14-18)20-19(21(26)15-10-12-24-13-11-15)22(27)23(28)25(20)17-7-3-2-4-8-17/h2-14,20,26H,1H3/b21-19-. The van der Waals surface area contributed by atoms with Crippen LogP contribution in [0.4, 0.5) is 5.69 Å². The number of ether oxygens (including phenoxy) is 1. The lowest BCUT2D eigenvalue weighted by atomic mass is 9.95. The molecule has 6 nitrogen and oxygen atoms in total. The monoisotopic (exact) mass is 386 g/mol. The van der Waals surface area contributed by atoms with Gasteiger partial charge in [0.25, 0.3) is 11.7 Å². The third kappa shape index (κ3) is 3.25. The van der Waals surface area contributed by atoms with Crippen molar-refractivity contribution in [3.63, 3.8) is 0 Å². The smallest absolute Gasteiger partial charge is 0.300 e. The highest BCUT2D eigenvalue weighted by molar-refractivity contribution is 6.51. The van der Waals surface area contributed by atoms with Crippen molar-refractivity contribution in [2.24, 2.45) is 0 Å². The molecule has 0 radical (unpaired) electrons. The van der Waals surface area contributed by atoms with Gasteiger partial charge in [-0.15, -0.1) is 0 Å². The molecule has 1 saturated heterocycles. The summed E-state index contributed by atoms with van der Waals surface area (Å²) in [6, 6.07) is 18.4. The number of hydrogen-bond donors (Lipinski definition) is 1. The maximum atomic E-state index is 13.0. The number of aromatic nitrogens is 1. The summed E-state index contributed by atoms with van der Waals surface area (Å²) in [4.78, 5) is 31.3. The molecule has 0 bridgehead atoms. The summed E-state index contributed by atoms with van der Waals surface area (Å²) in [5.41, 5.74) is 1.66. The van der Waals surface area contributed by atoms with E-state index in [-0.39, 0.29) is 11.3 Å². The first-order valence-electron chi connectivity index (χ1n) is 9.02. The van der Waals surface area contributed by atoms with E-state index in [0.717, 1.165) is 0 Å². The lowest BCUT2D eigenvalue weighted by molar-refractivity contribution is -0.132. The van der Waals surface area contributed by atoms with Crippen molar-refractivity contribution in [3.05, 3.63) is 95.8 Å². The Balaban J connectivity index is 1.96. The topological polar surface area (TPSA) is 79.7 Å². The largest absolute Gasteiger partial charge is 0.507 e. The van der Waals surface area contributed by atoms with E-state index in [1.165, 1.54) is 17.3 Å². The molecular weight excluding hydrogens is 368 g/mol. The Kier molecular flexibility index (Phi) is 4.83. The Labute approximate surface area is 167 Å². The average molecular weight is 386 g/mol. The molecule has 1 aromatic heterocycles. The molecule has 1 fully saturated rings. The van der Waals surface area contributed by atoms with Crippen LogP contribution in [0, 0.1) is 0 Å². The third-order valence-electron chi connectivity index (χ3n) is 4.84. The van der Waals surface area contributed by atoms with Gasteiger partial charge in [-0.05, 0) is 42.0 Å². The second kappa shape index (κ2) is 7.59. The minimum absolute atomic E-state index is 0.0262. The Morgan fingerprint density at radius 3 is 2.41 bits per heavy atom. The average Bonchev–Trinajstić information content (AvgIpc) is 3.05. The molecule has 29 heavy (non-hydrogen) atoms. The number of Topliss-reactive ketones (excluding diaryl/α,β-unsaturated/α-hetero) is 1. The molecule has 0 spiro atoms. The van der Waals surface area contributed by atoms with E-state index in [1.54, 1.807) is 67.8 Å². The number of aliphatic hydroxyl groups excluding tert-OH is 1. The highest BCUT2D eigenvalue weighted by atomic mass is 16.5. The molecule has 4 rings (SSSR count). The number of anilines is 1. The number of benzene rings is 2. The van der Waals surface area contributed by atoms with Crippen molar-refractivity contribution >= 4 is 23.1 Å². The predicted molar refractivity (Wildman–Crippen MR) is 108 cm³/mol. The number of pyridine rings is 1. The van der Waals surface area contributed by atoms with Crippen LogP contribution in [0.2, 0.25) is 0 Å². The predicted octanol–water partition coefficient (Wildman–Crippen LogP) is 3.72. The van der Waals surface area contributed by atoms with Crippen LogP contribution in [0.15, 0.2) is 84.7 Å². The Morgan fingerprint density at radius 1 is 1.00 bits per heavy atom. The molecule has 0 aliphatic carbocycles. The van der Waals surface area contributed by atoms with E-state index in [0.29, 0.717) is 22.6 Å². The van der Waals surface area contributed by atoms with Crippen molar-refractivity contribution < 1.29 is 19.4 Å². The summed E-state index contributed by atoms with van der Waals surface area (Å²) in [6.07, 6.45) is 3.03. The zero-order chi connectivity index (χ0) is 20.4. The summed E-state index contributed by atoms with van der Waals surface area (Å²) >= 11 is 0. The first-order chi connectivity index (χ1) is 14.1. The van der Waals surface area contributed by atoms with Gasteiger partial charge >= 0.3 is 0 Å². The van der Waals surface area contributed by atoms with Crippen LogP contribution < -0.4 is 9.64 Å². The fourth-order valence-electron chi connectivity index (χ4n) is 3.48. The Morgan fingerprint density at radius 2 is 1.72 bits per heavy atom. The molecule has 6 heteroatoms. The van der Waals surface area contributed by atoms with Gasteiger partial charge in [-0.1, -0.05) is 30.3 Å². The number of carbonyl (C=O) groups excluding carboxylic acids is 2. The second-order valence-corrected chi connectivity index (χ2v) is 6.52. The van der Waals surface area contributed by atoms with Crippen molar-refractivity contribution in [1.29, 1.82) is 0 Å². The van der Waals surface area contributed by atoms with Crippen molar-refractivity contribution in [3.8, 4) is 5.75 Å². The quantitative estimate of drug-likeness (QED) is 0.420. The fraction of sp³-hybridized carbons (Fsp3) is 0.0870. The van der Waals surface area contributed by atoms with E-state index >= 15 is 0 Å². The van der Waals surface area contributed by atoms with Gasteiger partial charge in [0.15, 0.2) is 0 Å². The van der Waals surface area contributed by atoms with Gasteiger partial charge in [-0.3, -0.25) is 19.5 Å². The molecule has 1 atom stereocenters. The number of hydrogen-bond acceptors (Lipinski definition) is 5. The molecule has 3 aromatic rings. The van der Waals surface area contributed by atoms with Gasteiger partial charge in [0, 0.05) is 23.6 Å². The second-order valence-electron chi connectivity index (χ2n) is 6.52. The number of aliphatic hydroxyl groups is 1. The Bertz CT molecular complexity index is 1090. The lowest BCUT2D eigenvalue weighted by Crippen LogP contribution is -2.29. The van der Waals surface area contributed by atoms with Crippen LogP contribution in [0.5, 0.6) is 5.75 Å². The molecular formula is C23H18N2O4. The highest BCUT2D eigenvalue weighted by Gasteiger charge is 2.47. The third-order valence-corrected chi connectivity index (χ3v) is 4.84. The summed E-state index contributed by atoms with van der Waals surface area (Å²) in [5.74, 6) is -1.09. The molecule has 1 N–H and O–H groups in total. The number of para-hydroxylation sites is 1. The van der Waals surface area contributed by atoms with Crippen LogP contribution in [0.3, 0.4) is 0 Å². The maximum absolute atomic E-state index is 13.0. The summed E-state index contributed by atoms with van der Waals surface area (Å²) in [6.45, 7) is 0. The summed E-state index contributed by atoms with van der Waals surface area (Å²) < 4.78 is 5.31. The summed E-state index contributed by atoms with van der Waals surface area (Å²) in [5, 5.41) is 11.0. The number of nitrogens with zero attached hydrogens (tertiary/aromatic N) is 2. The van der Waals surface area contributed by atoms with Gasteiger partial charge < -0.3 is 9.84 Å². The zero-order valence-corrected chi connectivity index (χ0v) is 15.6. The minimum Gasteiger partial charge on any atom is -0.507 e. The van der Waals surface area contributed by atoms with E-state index in [2.05, 4.69) is 4.98 Å². The van der Waals surface area contributed by atoms with Crippen molar-refractivity contribution in [2.45, 2.75) is 6.04 Å².